The van der Waals surface area contributed by atoms with Crippen molar-refractivity contribution in [1.29, 1.82) is 0 Å². The smallest absolute Gasteiger partial charge is 0.822 e. The zero-order valence-electron chi connectivity index (χ0n) is 11.5. The molecule has 0 aromatic rings. The minimum atomic E-state index is -5.39. The Bertz CT molecular complexity index is 351. The van der Waals surface area contributed by atoms with E-state index in [9.17, 15) is 23.3 Å². The Kier molecular flexibility index (Phi) is 21.5. The van der Waals surface area contributed by atoms with Crippen LogP contribution >= 0.6 is 7.82 Å². The van der Waals surface area contributed by atoms with Gasteiger partial charge in [-0.2, -0.15) is 7.82 Å². The predicted octanol–water partition coefficient (Wildman–Crippen LogP) is -11.5. The summed E-state index contributed by atoms with van der Waals surface area (Å²) in [6.07, 6.45) is 0. The van der Waals surface area contributed by atoms with Crippen molar-refractivity contribution in [2.24, 2.45) is 0 Å². The van der Waals surface area contributed by atoms with Crippen LogP contribution in [0.25, 0.3) is 0 Å². The third-order valence-corrected chi connectivity index (χ3v) is 1.32. The molecule has 0 rings (SSSR count). The van der Waals surface area contributed by atoms with E-state index in [2.05, 4.69) is 4.94 Å². The summed E-state index contributed by atoms with van der Waals surface area (Å²) in [7, 11) is -5.39. The van der Waals surface area contributed by atoms with Gasteiger partial charge in [-0.05, 0) is 13.8 Å². The van der Waals surface area contributed by atoms with Crippen molar-refractivity contribution in [3.05, 3.63) is 0 Å². The van der Waals surface area contributed by atoms with Crippen molar-refractivity contribution >= 4 is 25.4 Å². The van der Waals surface area contributed by atoms with Crippen LogP contribution in [0.2, 0.25) is 0 Å². The van der Waals surface area contributed by atoms with Gasteiger partial charge in [0.15, 0.2) is 11.6 Å². The van der Waals surface area contributed by atoms with Gasteiger partial charge in [0.2, 0.25) is 0 Å². The van der Waals surface area contributed by atoms with Crippen molar-refractivity contribution < 1.29 is 104 Å². The maximum absolute atomic E-state index is 13.0. The molecule has 0 spiro atoms. The number of carbonyl (C=O) groups excluding carboxylic acids is 3. The van der Waals surface area contributed by atoms with E-state index in [0.717, 1.165) is 0 Å². The number of rotatable bonds is 3. The summed E-state index contributed by atoms with van der Waals surface area (Å²) in [4.78, 5) is 59.3. The Labute approximate surface area is 148 Å². The molecule has 100 valence electrons. The minimum Gasteiger partial charge on any atom is -0.822 e. The fraction of sp³-hybridized carbons (Fsp3) is 0.500. The molecule has 0 fully saturated rings. The predicted molar refractivity (Wildman–Crippen MR) is 40.0 cm³/mol. The SMILES string of the molecule is CC(=O)C(F)(C(C)=O)C(=O)OF.O=P([O-])([O-])[O-].[Li+].[Li+].[Li+]. The van der Waals surface area contributed by atoms with E-state index >= 15 is 0 Å². The number of hydrogen-bond donors (Lipinski definition) is 0. The fourth-order valence-electron chi connectivity index (χ4n) is 0.589. The molecule has 0 atom stereocenters. The van der Waals surface area contributed by atoms with Crippen molar-refractivity contribution in [1.82, 2.24) is 0 Å². The van der Waals surface area contributed by atoms with E-state index in [4.69, 9.17) is 19.2 Å². The summed E-state index contributed by atoms with van der Waals surface area (Å²) in [5, 5.41) is 0. The normalized spacial score (nSPS) is 9.35. The van der Waals surface area contributed by atoms with Crippen LogP contribution in [0.3, 0.4) is 0 Å². The number of phosphoric acid groups is 1. The third kappa shape index (κ3) is 13.6. The molecule has 0 heterocycles. The van der Waals surface area contributed by atoms with Crippen LogP contribution in [0.5, 0.6) is 0 Å². The van der Waals surface area contributed by atoms with Crippen LogP contribution in [0, 0.1) is 0 Å². The molecule has 0 saturated carbocycles. The van der Waals surface area contributed by atoms with E-state index < -0.39 is 31.0 Å². The van der Waals surface area contributed by atoms with Gasteiger partial charge in [0, 0.05) is 4.53 Å². The Morgan fingerprint density at radius 2 is 1.20 bits per heavy atom. The molecule has 20 heavy (non-hydrogen) atoms. The number of Topliss-reactive ketones (excluding diaryl/α,β-unsaturated/α-hetero) is 2. The zero-order valence-corrected chi connectivity index (χ0v) is 12.4. The number of alkyl halides is 1. The first-order chi connectivity index (χ1) is 7.37. The average molecular weight is 296 g/mol. The molecule has 0 unspecified atom stereocenters. The number of halogens is 2. The summed E-state index contributed by atoms with van der Waals surface area (Å²) in [5.41, 5.74) is -3.51. The van der Waals surface area contributed by atoms with Crippen LogP contribution in [-0.4, -0.2) is 23.2 Å². The zero-order chi connectivity index (χ0) is 14.4. The van der Waals surface area contributed by atoms with Gasteiger partial charge < -0.3 is 19.2 Å². The molecule has 0 N–H and O–H groups in total. The number of ketones is 2. The van der Waals surface area contributed by atoms with Gasteiger partial charge in [-0.25, -0.2) is 9.18 Å². The fourth-order valence-corrected chi connectivity index (χ4v) is 0.589. The van der Waals surface area contributed by atoms with Crippen LogP contribution < -0.4 is 71.3 Å². The van der Waals surface area contributed by atoms with Crippen LogP contribution in [0.15, 0.2) is 0 Å². The molecular formula is C6H6F2Li3O8P. The monoisotopic (exact) mass is 296 g/mol. The summed E-state index contributed by atoms with van der Waals surface area (Å²) >= 11 is 0. The van der Waals surface area contributed by atoms with Crippen molar-refractivity contribution in [2.75, 3.05) is 0 Å². The van der Waals surface area contributed by atoms with Crippen LogP contribution in [-0.2, 0) is 23.9 Å². The van der Waals surface area contributed by atoms with E-state index in [-0.39, 0.29) is 56.6 Å². The van der Waals surface area contributed by atoms with Crippen LogP contribution in [0.4, 0.5) is 8.92 Å². The molecule has 0 aliphatic heterocycles. The van der Waals surface area contributed by atoms with Gasteiger partial charge in [-0.3, -0.25) is 14.5 Å². The van der Waals surface area contributed by atoms with Crippen molar-refractivity contribution in [2.45, 2.75) is 19.5 Å². The first-order valence-electron chi connectivity index (χ1n) is 3.64. The van der Waals surface area contributed by atoms with Gasteiger partial charge in [-0.1, -0.05) is 0 Å². The molecule has 0 aromatic heterocycles. The first-order valence-corrected chi connectivity index (χ1v) is 5.10. The molecule has 0 radical (unpaired) electrons. The second-order valence-corrected chi connectivity index (χ2v) is 3.48. The van der Waals surface area contributed by atoms with E-state index in [1.54, 1.807) is 0 Å². The Morgan fingerprint density at radius 1 is 1.00 bits per heavy atom. The Morgan fingerprint density at radius 3 is 1.25 bits per heavy atom. The maximum Gasteiger partial charge on any atom is 1.00 e. The molecule has 0 amide bonds. The third-order valence-electron chi connectivity index (χ3n) is 1.32. The first kappa shape index (κ1) is 32.5. The quantitative estimate of drug-likeness (QED) is 0.283. The molecule has 8 nitrogen and oxygen atoms in total. The maximum atomic E-state index is 13.0. The largest absolute Gasteiger partial charge is 1.00 e. The summed E-state index contributed by atoms with van der Waals surface area (Å²) in [5.74, 6) is -4.95. The minimum absolute atomic E-state index is 0. The van der Waals surface area contributed by atoms with Gasteiger partial charge in [-0.15, -0.1) is 0 Å². The van der Waals surface area contributed by atoms with E-state index in [0.29, 0.717) is 13.8 Å². The molecule has 14 heteroatoms. The van der Waals surface area contributed by atoms with Gasteiger partial charge >= 0.3 is 68.2 Å². The molecule has 0 aliphatic carbocycles. The number of carbonyl (C=O) groups is 3. The standard InChI is InChI=1S/C6H6F2O4.3Li.H3O4P/c1-3(9)6(7,4(2)10)5(11)12-8;;;;1-5(2,3)4/h1-2H3;;;;(H3,1,2,3,4)/q;3*+1;/p-3. The average Bonchev–Trinajstić information content (AvgIpc) is 2.11. The Hall–Kier alpha value is 0.572. The van der Waals surface area contributed by atoms with Crippen molar-refractivity contribution in [3.8, 4) is 0 Å². The summed E-state index contributed by atoms with van der Waals surface area (Å²) in [6.45, 7) is 1.30. The van der Waals surface area contributed by atoms with Gasteiger partial charge in [0.25, 0.3) is 0 Å². The van der Waals surface area contributed by atoms with Gasteiger partial charge in [0.05, 0.1) is 0 Å². The summed E-state index contributed by atoms with van der Waals surface area (Å²) < 4.78 is 32.8. The topological polar surface area (TPSA) is 147 Å². The second-order valence-electron chi connectivity index (χ2n) is 2.58. The molecule has 0 aromatic carbocycles. The van der Waals surface area contributed by atoms with Crippen molar-refractivity contribution in [3.63, 3.8) is 0 Å². The van der Waals surface area contributed by atoms with E-state index in [1.807, 2.05) is 0 Å². The summed E-state index contributed by atoms with van der Waals surface area (Å²) in [6, 6.07) is 0. The van der Waals surface area contributed by atoms with E-state index in [1.165, 1.54) is 0 Å². The molecular weight excluding hydrogens is 290 g/mol. The molecule has 0 bridgehead atoms. The van der Waals surface area contributed by atoms with Crippen LogP contribution in [0.1, 0.15) is 13.8 Å². The second kappa shape index (κ2) is 13.3. The molecule has 0 aliphatic rings. The van der Waals surface area contributed by atoms with Gasteiger partial charge in [0.1, 0.15) is 0 Å². The Balaban J connectivity index is -0.0000000821. The molecule has 0 saturated heterocycles. The number of hydrogen-bond acceptors (Lipinski definition) is 8.